The highest BCUT2D eigenvalue weighted by Crippen LogP contribution is 2.38. The van der Waals surface area contributed by atoms with Crippen LogP contribution in [0, 0.1) is 0 Å². The summed E-state index contributed by atoms with van der Waals surface area (Å²) in [7, 11) is 0. The van der Waals surface area contributed by atoms with Crippen molar-refractivity contribution in [2.24, 2.45) is 0 Å². The molecule has 17 heavy (non-hydrogen) atoms. The molecule has 0 unspecified atom stereocenters. The van der Waals surface area contributed by atoms with Crippen LogP contribution >= 0.6 is 22.9 Å². The summed E-state index contributed by atoms with van der Waals surface area (Å²) in [4.78, 5) is 11.7. The van der Waals surface area contributed by atoms with E-state index in [0.717, 1.165) is 22.5 Å². The third-order valence-electron chi connectivity index (χ3n) is 3.30. The molecule has 2 aromatic heterocycles. The zero-order valence-corrected chi connectivity index (χ0v) is 11.7. The second kappa shape index (κ2) is 4.21. The van der Waals surface area contributed by atoms with E-state index >= 15 is 0 Å². The van der Waals surface area contributed by atoms with E-state index in [9.17, 15) is 0 Å². The van der Waals surface area contributed by atoms with Gasteiger partial charge < -0.3 is 0 Å². The molecule has 0 atom stereocenters. The maximum Gasteiger partial charge on any atom is 0.141 e. The Labute approximate surface area is 110 Å². The minimum atomic E-state index is 0.330. The number of thiophene rings is 1. The highest BCUT2D eigenvalue weighted by molar-refractivity contribution is 7.19. The number of fused-ring (bicyclic) bond motifs is 3. The normalized spacial score (nSPS) is 15.5. The molecule has 90 valence electrons. The first-order valence-corrected chi connectivity index (χ1v) is 7.34. The van der Waals surface area contributed by atoms with Crippen molar-refractivity contribution in [3.63, 3.8) is 0 Å². The maximum absolute atomic E-state index is 6.34. The molecule has 0 saturated heterocycles. The second-order valence-electron chi connectivity index (χ2n) is 4.92. The molecule has 0 radical (unpaired) electrons. The molecule has 2 nitrogen and oxygen atoms in total. The topological polar surface area (TPSA) is 25.8 Å². The maximum atomic E-state index is 6.34. The zero-order valence-electron chi connectivity index (χ0n) is 10.1. The van der Waals surface area contributed by atoms with E-state index in [-0.39, 0.29) is 0 Å². The minimum Gasteiger partial charge on any atom is -0.222 e. The van der Waals surface area contributed by atoms with E-state index < -0.39 is 0 Å². The molecular weight excluding hydrogens is 252 g/mol. The van der Waals surface area contributed by atoms with Gasteiger partial charge in [0.15, 0.2) is 0 Å². The lowest BCUT2D eigenvalue weighted by Gasteiger charge is -2.10. The van der Waals surface area contributed by atoms with Crippen LogP contribution in [0.1, 0.15) is 48.9 Å². The molecule has 1 aliphatic carbocycles. The summed E-state index contributed by atoms with van der Waals surface area (Å²) in [6.07, 6.45) is 4.88. The Hall–Kier alpha value is -0.670. The van der Waals surface area contributed by atoms with E-state index in [1.807, 2.05) is 11.3 Å². The second-order valence-corrected chi connectivity index (χ2v) is 6.36. The Balaban J connectivity index is 2.27. The van der Waals surface area contributed by atoms with Crippen LogP contribution in [-0.4, -0.2) is 9.97 Å². The monoisotopic (exact) mass is 266 g/mol. The van der Waals surface area contributed by atoms with Crippen LogP contribution in [0.5, 0.6) is 0 Å². The van der Waals surface area contributed by atoms with Crippen molar-refractivity contribution in [3.05, 3.63) is 21.4 Å². The molecule has 1 aliphatic rings. The van der Waals surface area contributed by atoms with Gasteiger partial charge in [0.25, 0.3) is 0 Å². The first-order valence-electron chi connectivity index (χ1n) is 6.14. The van der Waals surface area contributed by atoms with Gasteiger partial charge in [-0.25, -0.2) is 9.97 Å². The van der Waals surface area contributed by atoms with Crippen molar-refractivity contribution in [3.8, 4) is 0 Å². The zero-order chi connectivity index (χ0) is 12.0. The van der Waals surface area contributed by atoms with Crippen LogP contribution in [-0.2, 0) is 12.8 Å². The van der Waals surface area contributed by atoms with Gasteiger partial charge >= 0.3 is 0 Å². The van der Waals surface area contributed by atoms with E-state index in [4.69, 9.17) is 11.6 Å². The van der Waals surface area contributed by atoms with Gasteiger partial charge in [-0.2, -0.15) is 0 Å². The van der Waals surface area contributed by atoms with Crippen LogP contribution in [0.4, 0.5) is 0 Å². The largest absolute Gasteiger partial charge is 0.222 e. The Kier molecular flexibility index (Phi) is 2.83. The molecule has 0 aliphatic heterocycles. The summed E-state index contributed by atoms with van der Waals surface area (Å²) in [5.41, 5.74) is 1.41. The molecule has 2 heterocycles. The van der Waals surface area contributed by atoms with Gasteiger partial charge in [0.05, 0.1) is 5.39 Å². The fraction of sp³-hybridized carbons (Fsp3) is 0.538. The van der Waals surface area contributed by atoms with Gasteiger partial charge in [-0.1, -0.05) is 25.4 Å². The molecule has 0 bridgehead atoms. The molecule has 0 spiro atoms. The predicted octanol–water partition coefficient (Wildman–Crippen LogP) is 4.35. The van der Waals surface area contributed by atoms with Crippen molar-refractivity contribution in [2.75, 3.05) is 0 Å². The van der Waals surface area contributed by atoms with Crippen molar-refractivity contribution in [2.45, 2.75) is 45.4 Å². The van der Waals surface area contributed by atoms with Gasteiger partial charge in [-0.15, -0.1) is 11.3 Å². The number of aryl methyl sites for hydroxylation is 2. The number of hydrogen-bond donors (Lipinski definition) is 0. The van der Waals surface area contributed by atoms with Gasteiger partial charge in [-0.05, 0) is 31.2 Å². The SMILES string of the molecule is CC(C)c1nc(Cl)c2c3c(sc2n1)CCCC3. The molecule has 0 saturated carbocycles. The van der Waals surface area contributed by atoms with Gasteiger partial charge in [0, 0.05) is 10.8 Å². The molecule has 0 aromatic carbocycles. The standard InChI is InChI=1S/C13H15ClN2S/c1-7(2)12-15-11(14)10-8-5-3-4-6-9(8)17-13(10)16-12/h7H,3-6H2,1-2H3. The summed E-state index contributed by atoms with van der Waals surface area (Å²) < 4.78 is 0. The Morgan fingerprint density at radius 2 is 1.94 bits per heavy atom. The smallest absolute Gasteiger partial charge is 0.141 e. The van der Waals surface area contributed by atoms with Gasteiger partial charge in [-0.3, -0.25) is 0 Å². The third kappa shape index (κ3) is 1.85. The molecule has 0 amide bonds. The van der Waals surface area contributed by atoms with E-state index in [2.05, 4.69) is 23.8 Å². The summed E-state index contributed by atoms with van der Waals surface area (Å²) in [5.74, 6) is 1.19. The van der Waals surface area contributed by atoms with Crippen LogP contribution in [0.2, 0.25) is 5.15 Å². The van der Waals surface area contributed by atoms with Gasteiger partial charge in [0.1, 0.15) is 15.8 Å². The third-order valence-corrected chi connectivity index (χ3v) is 4.76. The highest BCUT2D eigenvalue weighted by atomic mass is 35.5. The van der Waals surface area contributed by atoms with E-state index in [0.29, 0.717) is 11.1 Å². The van der Waals surface area contributed by atoms with Crippen LogP contribution in [0.3, 0.4) is 0 Å². The Bertz CT molecular complexity index is 574. The van der Waals surface area contributed by atoms with E-state index in [1.165, 1.54) is 29.7 Å². The van der Waals surface area contributed by atoms with Crippen molar-refractivity contribution >= 4 is 33.2 Å². The summed E-state index contributed by atoms with van der Waals surface area (Å²) in [5, 5.41) is 1.77. The summed E-state index contributed by atoms with van der Waals surface area (Å²) in [6, 6.07) is 0. The number of halogens is 1. The van der Waals surface area contributed by atoms with Crippen LogP contribution in [0.25, 0.3) is 10.2 Å². The Morgan fingerprint density at radius 1 is 1.18 bits per heavy atom. The molecular formula is C13H15ClN2S. The lowest BCUT2D eigenvalue weighted by Crippen LogP contribution is -2.00. The van der Waals surface area contributed by atoms with Crippen LogP contribution in [0.15, 0.2) is 0 Å². The molecule has 0 N–H and O–H groups in total. The summed E-state index contributed by atoms with van der Waals surface area (Å²) >= 11 is 8.15. The minimum absolute atomic E-state index is 0.330. The van der Waals surface area contributed by atoms with Gasteiger partial charge in [0.2, 0.25) is 0 Å². The van der Waals surface area contributed by atoms with Crippen molar-refractivity contribution in [1.82, 2.24) is 9.97 Å². The average molecular weight is 267 g/mol. The predicted molar refractivity (Wildman–Crippen MR) is 73.2 cm³/mol. The first kappa shape index (κ1) is 11.4. The molecule has 2 aromatic rings. The lowest BCUT2D eigenvalue weighted by atomic mass is 9.97. The Morgan fingerprint density at radius 3 is 2.71 bits per heavy atom. The van der Waals surface area contributed by atoms with Crippen molar-refractivity contribution in [1.29, 1.82) is 0 Å². The number of aromatic nitrogens is 2. The molecule has 0 fully saturated rings. The summed E-state index contributed by atoms with van der Waals surface area (Å²) in [6.45, 7) is 4.20. The van der Waals surface area contributed by atoms with Crippen LogP contribution < -0.4 is 0 Å². The lowest BCUT2D eigenvalue weighted by molar-refractivity contribution is 0.700. The number of hydrogen-bond acceptors (Lipinski definition) is 3. The molecule has 3 rings (SSSR count). The molecule has 4 heteroatoms. The van der Waals surface area contributed by atoms with E-state index in [1.54, 1.807) is 0 Å². The highest BCUT2D eigenvalue weighted by Gasteiger charge is 2.20. The fourth-order valence-electron chi connectivity index (χ4n) is 2.39. The van der Waals surface area contributed by atoms with Crippen molar-refractivity contribution < 1.29 is 0 Å². The average Bonchev–Trinajstić information content (AvgIpc) is 2.67. The number of nitrogens with zero attached hydrogens (tertiary/aromatic N) is 2. The fourth-order valence-corrected chi connectivity index (χ4v) is 4.00. The quantitative estimate of drug-likeness (QED) is 0.718. The first-order chi connectivity index (χ1) is 8.16. The number of rotatable bonds is 1.